The quantitative estimate of drug-likeness (QED) is 0.431. The second kappa shape index (κ2) is 6.21. The first-order valence-corrected chi connectivity index (χ1v) is 8.20. The fraction of sp³-hybridized carbons (Fsp3) is 0.0435. The Bertz CT molecular complexity index is 951. The highest BCUT2D eigenvalue weighted by molar-refractivity contribution is 5.96. The van der Waals surface area contributed by atoms with Gasteiger partial charge in [0.2, 0.25) is 0 Å². The fourth-order valence-electron chi connectivity index (χ4n) is 3.15. The summed E-state index contributed by atoms with van der Waals surface area (Å²) in [5, 5.41) is 2.54. The van der Waals surface area contributed by atoms with Gasteiger partial charge in [-0.3, -0.25) is 0 Å². The summed E-state index contributed by atoms with van der Waals surface area (Å²) in [4.78, 5) is 2.25. The summed E-state index contributed by atoms with van der Waals surface area (Å²) in [7, 11) is 2.12. The van der Waals surface area contributed by atoms with Crippen LogP contribution in [0.1, 0.15) is 0 Å². The predicted molar refractivity (Wildman–Crippen MR) is 104 cm³/mol. The van der Waals surface area contributed by atoms with Crippen molar-refractivity contribution in [3.8, 4) is 11.1 Å². The Hall–Kier alpha value is -3.06. The van der Waals surface area contributed by atoms with Gasteiger partial charge in [0.05, 0.1) is 0 Å². The van der Waals surface area contributed by atoms with E-state index in [-0.39, 0.29) is 0 Å². The van der Waals surface area contributed by atoms with E-state index < -0.39 is 0 Å². The van der Waals surface area contributed by atoms with Crippen LogP contribution in [0.2, 0.25) is 0 Å². The molecule has 0 fully saturated rings. The lowest BCUT2D eigenvalue weighted by Crippen LogP contribution is -2.09. The molecule has 0 N–H and O–H groups in total. The second-order valence-electron chi connectivity index (χ2n) is 5.97. The molecule has 0 bridgehead atoms. The molecule has 4 aromatic carbocycles. The molecule has 0 amide bonds. The van der Waals surface area contributed by atoms with Crippen LogP contribution in [0.3, 0.4) is 0 Å². The molecule has 0 atom stereocenters. The number of nitrogens with zero attached hydrogens (tertiary/aromatic N) is 1. The summed E-state index contributed by atoms with van der Waals surface area (Å²) in [6, 6.07) is 34.2. The Labute approximate surface area is 142 Å². The molecule has 0 aliphatic heterocycles. The van der Waals surface area contributed by atoms with Crippen molar-refractivity contribution < 1.29 is 0 Å². The Kier molecular flexibility index (Phi) is 3.76. The highest BCUT2D eigenvalue weighted by atomic mass is 15.1. The summed E-state index contributed by atoms with van der Waals surface area (Å²) in [6.45, 7) is 0. The number of hydrogen-bond donors (Lipinski definition) is 0. The predicted octanol–water partition coefficient (Wildman–Crippen LogP) is 6.27. The summed E-state index contributed by atoms with van der Waals surface area (Å²) >= 11 is 0. The van der Waals surface area contributed by atoms with Crippen LogP contribution in [-0.2, 0) is 0 Å². The Morgan fingerprint density at radius 1 is 0.542 bits per heavy atom. The Morgan fingerprint density at radius 2 is 1.17 bits per heavy atom. The smallest absolute Gasteiger partial charge is 0.0487 e. The number of hydrogen-bond acceptors (Lipinski definition) is 1. The van der Waals surface area contributed by atoms with Gasteiger partial charge in [0.1, 0.15) is 0 Å². The van der Waals surface area contributed by atoms with Crippen molar-refractivity contribution in [3.63, 3.8) is 0 Å². The van der Waals surface area contributed by atoms with Crippen molar-refractivity contribution in [2.24, 2.45) is 0 Å². The molecule has 0 saturated carbocycles. The molecule has 116 valence electrons. The molecule has 0 spiro atoms. The Morgan fingerprint density at radius 3 is 1.96 bits per heavy atom. The van der Waals surface area contributed by atoms with Gasteiger partial charge >= 0.3 is 0 Å². The van der Waals surface area contributed by atoms with Crippen molar-refractivity contribution in [1.29, 1.82) is 0 Å². The SMILES string of the molecule is CN(c1ccc(-c2ccccc2)cc1)c1cccc2ccccc12. The minimum atomic E-state index is 1.19. The van der Waals surface area contributed by atoms with Gasteiger partial charge in [-0.15, -0.1) is 0 Å². The van der Waals surface area contributed by atoms with Crippen LogP contribution >= 0.6 is 0 Å². The van der Waals surface area contributed by atoms with E-state index >= 15 is 0 Å². The van der Waals surface area contributed by atoms with Crippen molar-refractivity contribution in [2.45, 2.75) is 0 Å². The first-order chi connectivity index (χ1) is 11.8. The number of rotatable bonds is 3. The molecule has 0 heterocycles. The van der Waals surface area contributed by atoms with E-state index in [1.165, 1.54) is 33.3 Å². The van der Waals surface area contributed by atoms with Gasteiger partial charge in [-0.2, -0.15) is 0 Å². The molecular weight excluding hydrogens is 290 g/mol. The summed E-state index contributed by atoms with van der Waals surface area (Å²) in [5.41, 5.74) is 4.90. The number of anilines is 2. The number of benzene rings is 4. The Balaban J connectivity index is 1.70. The van der Waals surface area contributed by atoms with Gasteiger partial charge in [0.25, 0.3) is 0 Å². The van der Waals surface area contributed by atoms with E-state index in [1.54, 1.807) is 0 Å². The van der Waals surface area contributed by atoms with Crippen LogP contribution < -0.4 is 4.90 Å². The maximum atomic E-state index is 2.25. The normalized spacial score (nSPS) is 10.7. The van der Waals surface area contributed by atoms with Crippen molar-refractivity contribution >= 4 is 22.1 Å². The van der Waals surface area contributed by atoms with Crippen LogP contribution in [0.15, 0.2) is 97.1 Å². The third kappa shape index (κ3) is 2.65. The largest absolute Gasteiger partial charge is 0.344 e. The van der Waals surface area contributed by atoms with Gasteiger partial charge in [-0.1, -0.05) is 78.9 Å². The van der Waals surface area contributed by atoms with Crippen LogP contribution in [0.25, 0.3) is 21.9 Å². The third-order valence-corrected chi connectivity index (χ3v) is 4.49. The van der Waals surface area contributed by atoms with E-state index in [2.05, 4.69) is 103 Å². The molecule has 0 saturated heterocycles. The third-order valence-electron chi connectivity index (χ3n) is 4.49. The van der Waals surface area contributed by atoms with Gasteiger partial charge in [0.15, 0.2) is 0 Å². The van der Waals surface area contributed by atoms with E-state index in [0.29, 0.717) is 0 Å². The molecule has 4 aromatic rings. The molecule has 0 aromatic heterocycles. The van der Waals surface area contributed by atoms with E-state index in [1.807, 2.05) is 6.07 Å². The summed E-state index contributed by atoms with van der Waals surface area (Å²) in [5.74, 6) is 0. The maximum Gasteiger partial charge on any atom is 0.0487 e. The van der Waals surface area contributed by atoms with E-state index in [0.717, 1.165) is 0 Å². The first kappa shape index (κ1) is 14.5. The molecule has 4 rings (SSSR count). The zero-order chi connectivity index (χ0) is 16.4. The highest BCUT2D eigenvalue weighted by Gasteiger charge is 2.08. The van der Waals surface area contributed by atoms with Crippen LogP contribution in [0, 0.1) is 0 Å². The van der Waals surface area contributed by atoms with E-state index in [9.17, 15) is 0 Å². The van der Waals surface area contributed by atoms with Gasteiger partial charge in [-0.05, 0) is 34.7 Å². The maximum absolute atomic E-state index is 2.25. The molecule has 24 heavy (non-hydrogen) atoms. The summed E-state index contributed by atoms with van der Waals surface area (Å²) < 4.78 is 0. The van der Waals surface area contributed by atoms with Crippen LogP contribution in [-0.4, -0.2) is 7.05 Å². The van der Waals surface area contributed by atoms with Gasteiger partial charge < -0.3 is 4.90 Å². The number of fused-ring (bicyclic) bond motifs is 1. The average Bonchev–Trinajstić information content (AvgIpc) is 2.68. The lowest BCUT2D eigenvalue weighted by Gasteiger charge is -2.21. The van der Waals surface area contributed by atoms with Gasteiger partial charge in [0, 0.05) is 23.8 Å². The molecule has 1 heteroatoms. The van der Waals surface area contributed by atoms with Gasteiger partial charge in [-0.25, -0.2) is 0 Å². The monoisotopic (exact) mass is 309 g/mol. The highest BCUT2D eigenvalue weighted by Crippen LogP contribution is 2.32. The molecule has 1 nitrogen and oxygen atoms in total. The second-order valence-corrected chi connectivity index (χ2v) is 5.97. The van der Waals surface area contributed by atoms with Crippen LogP contribution in [0.4, 0.5) is 11.4 Å². The van der Waals surface area contributed by atoms with Crippen molar-refractivity contribution in [3.05, 3.63) is 97.1 Å². The fourth-order valence-corrected chi connectivity index (χ4v) is 3.15. The molecular formula is C23H19N. The zero-order valence-corrected chi connectivity index (χ0v) is 13.7. The standard InChI is InChI=1S/C23H19N/c1-24(23-13-7-11-20-10-5-6-12-22(20)23)21-16-14-19(15-17-21)18-8-3-2-4-9-18/h2-17H,1H3. The minimum absolute atomic E-state index is 1.19. The molecule has 0 aliphatic rings. The van der Waals surface area contributed by atoms with Crippen molar-refractivity contribution in [2.75, 3.05) is 11.9 Å². The van der Waals surface area contributed by atoms with Crippen LogP contribution in [0.5, 0.6) is 0 Å². The summed E-state index contributed by atoms with van der Waals surface area (Å²) in [6.07, 6.45) is 0. The van der Waals surface area contributed by atoms with Crippen molar-refractivity contribution in [1.82, 2.24) is 0 Å². The average molecular weight is 309 g/mol. The first-order valence-electron chi connectivity index (χ1n) is 8.20. The molecule has 0 radical (unpaired) electrons. The van der Waals surface area contributed by atoms with E-state index in [4.69, 9.17) is 0 Å². The minimum Gasteiger partial charge on any atom is -0.344 e. The molecule has 0 aliphatic carbocycles. The topological polar surface area (TPSA) is 3.24 Å². The lowest BCUT2D eigenvalue weighted by molar-refractivity contribution is 1.22. The zero-order valence-electron chi connectivity index (χ0n) is 13.7. The molecule has 0 unspecified atom stereocenters. The lowest BCUT2D eigenvalue weighted by atomic mass is 10.0.